The first-order valence-corrected chi connectivity index (χ1v) is 7.19. The molecule has 19 heavy (non-hydrogen) atoms. The zero-order valence-electron chi connectivity index (χ0n) is 11.6. The van der Waals surface area contributed by atoms with E-state index in [1.807, 2.05) is 18.3 Å². The minimum atomic E-state index is -0.316. The van der Waals surface area contributed by atoms with Gasteiger partial charge in [-0.1, -0.05) is 19.4 Å². The van der Waals surface area contributed by atoms with Gasteiger partial charge in [0, 0.05) is 18.9 Å². The number of hydrogen-bond acceptors (Lipinski definition) is 3. The number of carbonyl (C=O) groups excluding carboxylic acids is 1. The number of nitrogens with zero attached hydrogens (tertiary/aromatic N) is 1. The predicted octanol–water partition coefficient (Wildman–Crippen LogP) is 1.66. The van der Waals surface area contributed by atoms with Gasteiger partial charge >= 0.3 is 0 Å². The van der Waals surface area contributed by atoms with Crippen LogP contribution in [0.2, 0.25) is 0 Å². The second-order valence-electron chi connectivity index (χ2n) is 5.23. The lowest BCUT2D eigenvalue weighted by molar-refractivity contribution is -0.127. The summed E-state index contributed by atoms with van der Waals surface area (Å²) in [5, 5.41) is 6.46. The zero-order valence-corrected chi connectivity index (χ0v) is 11.6. The number of pyridine rings is 1. The van der Waals surface area contributed by atoms with Gasteiger partial charge < -0.3 is 10.6 Å². The summed E-state index contributed by atoms with van der Waals surface area (Å²) in [6.45, 7) is 3.76. The van der Waals surface area contributed by atoms with Crippen molar-refractivity contribution in [3.05, 3.63) is 30.1 Å². The third-order valence-corrected chi connectivity index (χ3v) is 3.78. The number of nitrogens with one attached hydrogen (secondary N) is 2. The molecule has 0 bridgehead atoms. The second kappa shape index (κ2) is 6.66. The molecular weight excluding hydrogens is 238 g/mol. The molecule has 2 N–H and O–H groups in total. The van der Waals surface area contributed by atoms with Gasteiger partial charge in [0.2, 0.25) is 5.91 Å². The molecule has 104 valence electrons. The van der Waals surface area contributed by atoms with Crippen molar-refractivity contribution in [3.63, 3.8) is 0 Å². The minimum Gasteiger partial charge on any atom is -0.354 e. The van der Waals surface area contributed by atoms with E-state index in [-0.39, 0.29) is 11.4 Å². The fourth-order valence-electron chi connectivity index (χ4n) is 2.79. The molecule has 0 aromatic carbocycles. The van der Waals surface area contributed by atoms with Crippen LogP contribution in [0, 0.1) is 0 Å². The van der Waals surface area contributed by atoms with Crippen molar-refractivity contribution >= 4 is 5.91 Å². The number of aromatic nitrogens is 1. The maximum Gasteiger partial charge on any atom is 0.240 e. The van der Waals surface area contributed by atoms with Gasteiger partial charge in [0.1, 0.15) is 0 Å². The Labute approximate surface area is 115 Å². The zero-order chi connectivity index (χ0) is 13.6. The molecule has 1 fully saturated rings. The van der Waals surface area contributed by atoms with E-state index in [1.54, 1.807) is 6.20 Å². The molecule has 0 saturated carbocycles. The summed E-state index contributed by atoms with van der Waals surface area (Å²) in [5.74, 6) is 0.163. The summed E-state index contributed by atoms with van der Waals surface area (Å²) in [5.41, 5.74) is 0.843. The molecular formula is C15H23N3O. The molecule has 1 aromatic heterocycles. The van der Waals surface area contributed by atoms with Crippen molar-refractivity contribution in [2.75, 3.05) is 13.1 Å². The highest BCUT2D eigenvalue weighted by Gasteiger charge is 2.39. The van der Waals surface area contributed by atoms with Crippen LogP contribution in [-0.4, -0.2) is 29.5 Å². The number of rotatable bonds is 6. The van der Waals surface area contributed by atoms with E-state index in [2.05, 4.69) is 22.5 Å². The lowest BCUT2D eigenvalue weighted by atomic mass is 9.91. The minimum absolute atomic E-state index is 0.163. The van der Waals surface area contributed by atoms with Gasteiger partial charge in [-0.05, 0) is 43.9 Å². The highest BCUT2D eigenvalue weighted by molar-refractivity contribution is 5.86. The van der Waals surface area contributed by atoms with Gasteiger partial charge in [-0.25, -0.2) is 0 Å². The van der Waals surface area contributed by atoms with Gasteiger partial charge in [-0.2, -0.15) is 0 Å². The Kier molecular flexibility index (Phi) is 4.91. The van der Waals surface area contributed by atoms with Gasteiger partial charge in [0.15, 0.2) is 0 Å². The van der Waals surface area contributed by atoms with E-state index >= 15 is 0 Å². The van der Waals surface area contributed by atoms with Crippen LogP contribution in [0.1, 0.15) is 38.2 Å². The summed E-state index contributed by atoms with van der Waals surface area (Å²) in [6.07, 6.45) is 8.45. The molecule has 1 unspecified atom stereocenters. The van der Waals surface area contributed by atoms with Crippen LogP contribution in [0.4, 0.5) is 0 Å². The van der Waals surface area contributed by atoms with Crippen LogP contribution in [0.3, 0.4) is 0 Å². The van der Waals surface area contributed by atoms with Crippen molar-refractivity contribution in [3.8, 4) is 0 Å². The Hall–Kier alpha value is -1.42. The lowest BCUT2D eigenvalue weighted by Crippen LogP contribution is -2.53. The quantitative estimate of drug-likeness (QED) is 0.819. The maximum absolute atomic E-state index is 12.4. The van der Waals surface area contributed by atoms with Gasteiger partial charge in [0.05, 0.1) is 5.54 Å². The highest BCUT2D eigenvalue weighted by Crippen LogP contribution is 2.24. The van der Waals surface area contributed by atoms with Crippen LogP contribution < -0.4 is 10.6 Å². The van der Waals surface area contributed by atoms with Crippen LogP contribution >= 0.6 is 0 Å². The van der Waals surface area contributed by atoms with E-state index in [0.717, 1.165) is 44.2 Å². The Bertz CT molecular complexity index is 399. The molecule has 1 aliphatic heterocycles. The molecule has 1 saturated heterocycles. The van der Waals surface area contributed by atoms with Crippen LogP contribution in [0.25, 0.3) is 0 Å². The van der Waals surface area contributed by atoms with Crippen LogP contribution in [0.5, 0.6) is 0 Å². The molecule has 0 radical (unpaired) electrons. The van der Waals surface area contributed by atoms with E-state index in [0.29, 0.717) is 6.54 Å². The topological polar surface area (TPSA) is 54.0 Å². The Morgan fingerprint density at radius 1 is 1.58 bits per heavy atom. The van der Waals surface area contributed by atoms with Gasteiger partial charge in [0.25, 0.3) is 0 Å². The lowest BCUT2D eigenvalue weighted by Gasteiger charge is -2.27. The Morgan fingerprint density at radius 3 is 3.11 bits per heavy atom. The molecule has 0 spiro atoms. The molecule has 1 atom stereocenters. The number of hydrogen-bond donors (Lipinski definition) is 2. The summed E-state index contributed by atoms with van der Waals surface area (Å²) < 4.78 is 0. The average molecular weight is 261 g/mol. The molecule has 1 aromatic rings. The Balaban J connectivity index is 1.83. The summed E-state index contributed by atoms with van der Waals surface area (Å²) >= 11 is 0. The van der Waals surface area contributed by atoms with Crippen LogP contribution in [-0.2, 0) is 11.2 Å². The predicted molar refractivity (Wildman–Crippen MR) is 75.8 cm³/mol. The van der Waals surface area contributed by atoms with Gasteiger partial charge in [-0.15, -0.1) is 0 Å². The third-order valence-electron chi connectivity index (χ3n) is 3.78. The number of amides is 1. The molecule has 1 aliphatic rings. The van der Waals surface area contributed by atoms with E-state index in [1.165, 1.54) is 0 Å². The SMILES string of the molecule is CCCC1(C(=O)NCCc2cccnc2)CCCN1. The second-order valence-corrected chi connectivity index (χ2v) is 5.23. The summed E-state index contributed by atoms with van der Waals surface area (Å²) in [7, 11) is 0. The van der Waals surface area contributed by atoms with Gasteiger partial charge in [-0.3, -0.25) is 9.78 Å². The van der Waals surface area contributed by atoms with Crippen molar-refractivity contribution < 1.29 is 4.79 Å². The van der Waals surface area contributed by atoms with Crippen molar-refractivity contribution in [1.29, 1.82) is 0 Å². The van der Waals surface area contributed by atoms with E-state index < -0.39 is 0 Å². The highest BCUT2D eigenvalue weighted by atomic mass is 16.2. The average Bonchev–Trinajstić information content (AvgIpc) is 2.90. The fraction of sp³-hybridized carbons (Fsp3) is 0.600. The molecule has 2 heterocycles. The first-order chi connectivity index (χ1) is 9.27. The smallest absolute Gasteiger partial charge is 0.240 e. The summed E-state index contributed by atoms with van der Waals surface area (Å²) in [4.78, 5) is 16.4. The Morgan fingerprint density at radius 2 is 2.47 bits per heavy atom. The molecule has 4 heteroatoms. The largest absolute Gasteiger partial charge is 0.354 e. The number of carbonyl (C=O) groups is 1. The third kappa shape index (κ3) is 3.53. The maximum atomic E-state index is 12.4. The normalized spacial score (nSPS) is 22.4. The van der Waals surface area contributed by atoms with Crippen molar-refractivity contribution in [1.82, 2.24) is 15.6 Å². The van der Waals surface area contributed by atoms with Crippen molar-refractivity contribution in [2.45, 2.75) is 44.6 Å². The van der Waals surface area contributed by atoms with Crippen LogP contribution in [0.15, 0.2) is 24.5 Å². The van der Waals surface area contributed by atoms with Crippen molar-refractivity contribution in [2.24, 2.45) is 0 Å². The molecule has 0 aliphatic carbocycles. The van der Waals surface area contributed by atoms with E-state index in [4.69, 9.17) is 0 Å². The first-order valence-electron chi connectivity index (χ1n) is 7.19. The molecule has 2 rings (SSSR count). The monoisotopic (exact) mass is 261 g/mol. The fourth-order valence-corrected chi connectivity index (χ4v) is 2.79. The standard InChI is InChI=1S/C15H23N3O/c1-2-7-15(8-4-10-18-15)14(19)17-11-6-13-5-3-9-16-12-13/h3,5,9,12,18H,2,4,6-8,10-11H2,1H3,(H,17,19). The molecule has 1 amide bonds. The summed E-state index contributed by atoms with van der Waals surface area (Å²) in [6, 6.07) is 3.96. The van der Waals surface area contributed by atoms with E-state index in [9.17, 15) is 4.79 Å². The molecule has 4 nitrogen and oxygen atoms in total. The first kappa shape index (κ1) is 14.0.